The van der Waals surface area contributed by atoms with Gasteiger partial charge in [-0.05, 0) is 17.7 Å². The van der Waals surface area contributed by atoms with Crippen molar-refractivity contribution in [2.24, 2.45) is 0 Å². The number of hydrogen-bond acceptors (Lipinski definition) is 3. The van der Waals surface area contributed by atoms with Gasteiger partial charge in [0.05, 0.1) is 20.8 Å². The zero-order valence-electron chi connectivity index (χ0n) is 13.2. The summed E-state index contributed by atoms with van der Waals surface area (Å²) in [6.45, 7) is 11.0. The zero-order valence-corrected chi connectivity index (χ0v) is 15.0. The second-order valence-corrected chi connectivity index (χ2v) is 12.4. The average Bonchev–Trinajstić information content (AvgIpc) is 2.91. The van der Waals surface area contributed by atoms with Crippen molar-refractivity contribution in [1.29, 1.82) is 0 Å². The largest absolute Gasteiger partial charge is 0.383 e. The lowest BCUT2D eigenvalue weighted by atomic mass is 9.89. The van der Waals surface area contributed by atoms with E-state index in [0.29, 0.717) is 11.6 Å². The molecule has 1 aromatic heterocycles. The van der Waals surface area contributed by atoms with Gasteiger partial charge < -0.3 is 5.11 Å². The van der Waals surface area contributed by atoms with Gasteiger partial charge in [0.25, 0.3) is 0 Å². The standard InChI is InChI=1S/C16H22ClN3OSi/c1-5-15(22(2,3)4)16(21,12-20-11-10-18-19-20)13-6-8-14(17)9-7-13/h5-11,15,21H,1,12H2,2-4H3. The molecule has 6 heteroatoms. The van der Waals surface area contributed by atoms with Gasteiger partial charge in [0, 0.05) is 16.8 Å². The van der Waals surface area contributed by atoms with Gasteiger partial charge in [-0.15, -0.1) is 11.7 Å². The Kier molecular flexibility index (Phi) is 4.89. The molecule has 0 bridgehead atoms. The van der Waals surface area contributed by atoms with Crippen molar-refractivity contribution in [3.8, 4) is 0 Å². The monoisotopic (exact) mass is 335 g/mol. The lowest BCUT2D eigenvalue weighted by Gasteiger charge is -2.41. The molecule has 4 nitrogen and oxygen atoms in total. The number of nitrogens with zero attached hydrogens (tertiary/aromatic N) is 3. The van der Waals surface area contributed by atoms with Crippen molar-refractivity contribution in [1.82, 2.24) is 15.0 Å². The van der Waals surface area contributed by atoms with E-state index in [1.165, 1.54) is 0 Å². The molecule has 0 aliphatic carbocycles. The zero-order chi connectivity index (χ0) is 16.4. The van der Waals surface area contributed by atoms with Crippen molar-refractivity contribution in [2.45, 2.75) is 37.3 Å². The van der Waals surface area contributed by atoms with E-state index in [1.807, 2.05) is 18.2 Å². The van der Waals surface area contributed by atoms with Crippen LogP contribution in [0.15, 0.2) is 49.3 Å². The first-order chi connectivity index (χ1) is 10.3. The molecular formula is C16H22ClN3OSi. The van der Waals surface area contributed by atoms with Gasteiger partial charge in [-0.3, -0.25) is 0 Å². The Morgan fingerprint density at radius 3 is 2.45 bits per heavy atom. The summed E-state index contributed by atoms with van der Waals surface area (Å²) in [5.41, 5.74) is -0.310. The molecule has 1 N–H and O–H groups in total. The molecule has 0 amide bonds. The summed E-state index contributed by atoms with van der Waals surface area (Å²) in [4.78, 5) is 0. The number of aromatic nitrogens is 3. The third-order valence-electron chi connectivity index (χ3n) is 3.90. The smallest absolute Gasteiger partial charge is 0.113 e. The van der Waals surface area contributed by atoms with E-state index in [1.54, 1.807) is 29.2 Å². The summed E-state index contributed by atoms with van der Waals surface area (Å²) in [5, 5.41) is 20.1. The van der Waals surface area contributed by atoms with Crippen LogP contribution in [-0.2, 0) is 12.1 Å². The van der Waals surface area contributed by atoms with Crippen molar-refractivity contribution < 1.29 is 5.11 Å². The SMILES string of the molecule is C=CC(C(O)(Cn1ccnn1)c1ccc(Cl)cc1)[Si](C)(C)C. The van der Waals surface area contributed by atoms with E-state index in [-0.39, 0.29) is 5.54 Å². The van der Waals surface area contributed by atoms with Crippen LogP contribution in [0.2, 0.25) is 30.2 Å². The van der Waals surface area contributed by atoms with Crippen molar-refractivity contribution in [3.05, 3.63) is 59.9 Å². The third kappa shape index (κ3) is 3.48. The number of rotatable bonds is 6. The van der Waals surface area contributed by atoms with Gasteiger partial charge in [0.1, 0.15) is 5.60 Å². The van der Waals surface area contributed by atoms with E-state index >= 15 is 0 Å². The maximum atomic E-state index is 11.6. The molecule has 1 heterocycles. The highest BCUT2D eigenvalue weighted by Crippen LogP contribution is 2.43. The molecule has 2 rings (SSSR count). The minimum atomic E-state index is -1.71. The molecule has 0 spiro atoms. The third-order valence-corrected chi connectivity index (χ3v) is 6.73. The van der Waals surface area contributed by atoms with E-state index in [0.717, 1.165) is 5.56 Å². The van der Waals surface area contributed by atoms with E-state index < -0.39 is 13.7 Å². The molecule has 0 saturated heterocycles. The minimum Gasteiger partial charge on any atom is -0.383 e. The first-order valence-corrected chi connectivity index (χ1v) is 11.2. The Morgan fingerprint density at radius 1 is 1.36 bits per heavy atom. The quantitative estimate of drug-likeness (QED) is 0.646. The Labute approximate surface area is 137 Å². The van der Waals surface area contributed by atoms with Crippen molar-refractivity contribution in [2.75, 3.05) is 0 Å². The maximum absolute atomic E-state index is 11.6. The Morgan fingerprint density at radius 2 is 2.00 bits per heavy atom. The highest BCUT2D eigenvalue weighted by molar-refractivity contribution is 6.78. The number of aliphatic hydroxyl groups is 1. The van der Waals surface area contributed by atoms with Crippen LogP contribution in [0, 0.1) is 0 Å². The number of benzene rings is 1. The molecular weight excluding hydrogens is 314 g/mol. The highest BCUT2D eigenvalue weighted by Gasteiger charge is 2.44. The summed E-state index contributed by atoms with van der Waals surface area (Å²) in [5.74, 6) is 0. The Hall–Kier alpha value is -1.43. The van der Waals surface area contributed by atoms with Gasteiger partial charge in [-0.2, -0.15) is 0 Å². The fourth-order valence-electron chi connectivity index (χ4n) is 2.94. The van der Waals surface area contributed by atoms with E-state index in [4.69, 9.17) is 11.6 Å². The van der Waals surface area contributed by atoms with Crippen molar-refractivity contribution >= 4 is 19.7 Å². The van der Waals surface area contributed by atoms with E-state index in [2.05, 4.69) is 36.5 Å². The van der Waals surface area contributed by atoms with Crippen LogP contribution in [0.25, 0.3) is 0 Å². The van der Waals surface area contributed by atoms with Crippen LogP contribution < -0.4 is 0 Å². The first-order valence-electron chi connectivity index (χ1n) is 7.22. The second kappa shape index (κ2) is 6.36. The minimum absolute atomic E-state index is 0.0367. The molecule has 1 aromatic carbocycles. The first kappa shape index (κ1) is 16.9. The van der Waals surface area contributed by atoms with Crippen LogP contribution in [0.1, 0.15) is 5.56 Å². The molecule has 2 atom stereocenters. The summed E-state index contributed by atoms with van der Waals surface area (Å²) in [7, 11) is -1.71. The topological polar surface area (TPSA) is 50.9 Å². The second-order valence-electron chi connectivity index (χ2n) is 6.61. The van der Waals surface area contributed by atoms with Gasteiger partial charge in [0.15, 0.2) is 0 Å². The Balaban J connectivity index is 2.52. The molecule has 2 aromatic rings. The molecule has 2 unspecified atom stereocenters. The summed E-state index contributed by atoms with van der Waals surface area (Å²) >= 11 is 5.99. The molecule has 0 aliphatic rings. The number of hydrogen-bond donors (Lipinski definition) is 1. The summed E-state index contributed by atoms with van der Waals surface area (Å²) < 4.78 is 1.66. The van der Waals surface area contributed by atoms with Crippen LogP contribution in [0.3, 0.4) is 0 Å². The molecule has 0 fully saturated rings. The van der Waals surface area contributed by atoms with Crippen LogP contribution in [0.4, 0.5) is 0 Å². The molecule has 22 heavy (non-hydrogen) atoms. The van der Waals surface area contributed by atoms with Crippen LogP contribution in [-0.4, -0.2) is 28.2 Å². The van der Waals surface area contributed by atoms with Gasteiger partial charge >= 0.3 is 0 Å². The predicted octanol–water partition coefficient (Wildman–Crippen LogP) is 3.71. The molecule has 118 valence electrons. The number of halogens is 1. The lowest BCUT2D eigenvalue weighted by Crippen LogP contribution is -2.46. The highest BCUT2D eigenvalue weighted by atomic mass is 35.5. The van der Waals surface area contributed by atoms with Crippen molar-refractivity contribution in [3.63, 3.8) is 0 Å². The fourth-order valence-corrected chi connectivity index (χ4v) is 5.46. The lowest BCUT2D eigenvalue weighted by molar-refractivity contribution is 0.0158. The van der Waals surface area contributed by atoms with Gasteiger partial charge in [0.2, 0.25) is 0 Å². The normalized spacial score (nSPS) is 16.0. The van der Waals surface area contributed by atoms with Gasteiger partial charge in [-0.1, -0.05) is 54.7 Å². The fraction of sp³-hybridized carbons (Fsp3) is 0.375. The summed E-state index contributed by atoms with van der Waals surface area (Å²) in [6.07, 6.45) is 5.24. The average molecular weight is 336 g/mol. The van der Waals surface area contributed by atoms with E-state index in [9.17, 15) is 5.11 Å². The molecule has 0 saturated carbocycles. The van der Waals surface area contributed by atoms with Crippen LogP contribution in [0.5, 0.6) is 0 Å². The Bertz CT molecular complexity index is 622. The van der Waals surface area contributed by atoms with Gasteiger partial charge in [-0.25, -0.2) is 4.68 Å². The molecule has 0 radical (unpaired) electrons. The maximum Gasteiger partial charge on any atom is 0.113 e. The summed E-state index contributed by atoms with van der Waals surface area (Å²) in [6, 6.07) is 7.34. The predicted molar refractivity (Wildman–Crippen MR) is 92.7 cm³/mol. The van der Waals surface area contributed by atoms with Crippen LogP contribution >= 0.6 is 11.6 Å². The molecule has 0 aliphatic heterocycles.